The predicted octanol–water partition coefficient (Wildman–Crippen LogP) is 2.47. The number of fused-ring (bicyclic) bond motifs is 4. The number of carbonyl (C=O) groups is 1. The number of nitrogens with zero attached hydrogens (tertiary/aromatic N) is 3. The number of amides is 1. The van der Waals surface area contributed by atoms with Gasteiger partial charge in [-0.25, -0.2) is 9.37 Å². The first kappa shape index (κ1) is 22.2. The van der Waals surface area contributed by atoms with Crippen LogP contribution in [0.3, 0.4) is 0 Å². The normalized spacial score (nSPS) is 25.8. The van der Waals surface area contributed by atoms with Crippen LogP contribution in [0.5, 0.6) is 0 Å². The second-order valence-corrected chi connectivity index (χ2v) is 9.77. The summed E-state index contributed by atoms with van der Waals surface area (Å²) < 4.78 is 20.7. The molecule has 0 spiro atoms. The summed E-state index contributed by atoms with van der Waals surface area (Å²) in [6.07, 6.45) is 5.98. The standard InChI is InChI=1S/C26H27FN4O4/c27-16-4-1-3-15(9-16)19-7-8-21-24-23(25(33)29-17-5-2-6-17)20(12-32)22(11-31(21)26(19)34)30(24)10-18-13-35-14-28-18/h1,3-4,7-9,13-14,17,20,22-24,32H,2,5-6,10-12H2,(H,29,33)/t20-,22-,23+,24+/m1/s1. The van der Waals surface area contributed by atoms with E-state index in [9.17, 15) is 19.1 Å². The van der Waals surface area contributed by atoms with Crippen molar-refractivity contribution in [3.63, 3.8) is 0 Å². The summed E-state index contributed by atoms with van der Waals surface area (Å²) in [6.45, 7) is 0.595. The molecule has 1 saturated carbocycles. The average molecular weight is 479 g/mol. The number of carbonyl (C=O) groups excluding carboxylic acids is 1. The van der Waals surface area contributed by atoms with Gasteiger partial charge in [-0.05, 0) is 49.1 Å². The van der Waals surface area contributed by atoms with Crippen LogP contribution in [0.1, 0.15) is 36.7 Å². The minimum atomic E-state index is -0.509. The summed E-state index contributed by atoms with van der Waals surface area (Å²) in [5.74, 6) is -1.34. The van der Waals surface area contributed by atoms with Crippen LogP contribution in [0, 0.1) is 17.7 Å². The molecule has 1 aliphatic carbocycles. The number of nitrogens with one attached hydrogen (secondary N) is 1. The van der Waals surface area contributed by atoms with Gasteiger partial charge in [-0.3, -0.25) is 14.5 Å². The second-order valence-electron chi connectivity index (χ2n) is 9.77. The summed E-state index contributed by atoms with van der Waals surface area (Å²) in [5.41, 5.74) is 2.15. The summed E-state index contributed by atoms with van der Waals surface area (Å²) in [6, 6.07) is 9.09. The molecule has 1 saturated heterocycles. The Kier molecular flexibility index (Phi) is 5.53. The van der Waals surface area contributed by atoms with Crippen molar-refractivity contribution in [1.82, 2.24) is 19.8 Å². The van der Waals surface area contributed by atoms with Crippen molar-refractivity contribution >= 4 is 5.91 Å². The van der Waals surface area contributed by atoms with Crippen LogP contribution in [0.15, 0.2) is 58.3 Å². The van der Waals surface area contributed by atoms with E-state index in [-0.39, 0.29) is 36.1 Å². The Hall–Kier alpha value is -3.30. The van der Waals surface area contributed by atoms with Crippen LogP contribution < -0.4 is 10.9 Å². The number of aliphatic hydroxyl groups is 1. The van der Waals surface area contributed by atoms with Crippen LogP contribution in [0.2, 0.25) is 0 Å². The van der Waals surface area contributed by atoms with E-state index in [1.54, 1.807) is 29.0 Å². The number of oxazole rings is 1. The topological polar surface area (TPSA) is 101 Å². The molecule has 4 heterocycles. The SMILES string of the molecule is O=C(NC1CCC1)[C@H]1[C@H](CO)[C@H]2Cn3c(ccc(-c4cccc(F)c4)c3=O)[C@@H]1N2Cc1cocn1. The van der Waals surface area contributed by atoms with Crippen molar-refractivity contribution in [2.45, 2.75) is 50.5 Å². The third kappa shape index (κ3) is 3.70. The van der Waals surface area contributed by atoms with Crippen LogP contribution in [0.4, 0.5) is 4.39 Å². The summed E-state index contributed by atoms with van der Waals surface area (Å²) in [5, 5.41) is 13.6. The largest absolute Gasteiger partial charge is 0.451 e. The highest BCUT2D eigenvalue weighted by atomic mass is 19.1. The molecular weight excluding hydrogens is 451 g/mol. The third-order valence-electron chi connectivity index (χ3n) is 7.89. The maximum atomic E-state index is 13.9. The Morgan fingerprint density at radius 1 is 1.26 bits per heavy atom. The minimum Gasteiger partial charge on any atom is -0.451 e. The number of hydrogen-bond acceptors (Lipinski definition) is 6. The minimum absolute atomic E-state index is 0.0819. The zero-order chi connectivity index (χ0) is 24.1. The molecule has 9 heteroatoms. The smallest absolute Gasteiger partial charge is 0.258 e. The fourth-order valence-corrected chi connectivity index (χ4v) is 5.97. The lowest BCUT2D eigenvalue weighted by Gasteiger charge is -2.38. The van der Waals surface area contributed by atoms with Crippen molar-refractivity contribution in [3.05, 3.63) is 76.6 Å². The van der Waals surface area contributed by atoms with Crippen molar-refractivity contribution in [2.24, 2.45) is 11.8 Å². The lowest BCUT2D eigenvalue weighted by Crippen LogP contribution is -2.47. The molecule has 2 aliphatic heterocycles. The van der Waals surface area contributed by atoms with Crippen LogP contribution >= 0.6 is 0 Å². The lowest BCUT2D eigenvalue weighted by atomic mass is 9.85. The number of aliphatic hydroxyl groups excluding tert-OH is 1. The van der Waals surface area contributed by atoms with Crippen LogP contribution in [-0.2, 0) is 17.9 Å². The quantitative estimate of drug-likeness (QED) is 0.565. The van der Waals surface area contributed by atoms with Gasteiger partial charge in [0.2, 0.25) is 5.91 Å². The molecule has 4 atom stereocenters. The van der Waals surface area contributed by atoms with Gasteiger partial charge >= 0.3 is 0 Å². The Labute approximate surface area is 201 Å². The van der Waals surface area contributed by atoms with Crippen LogP contribution in [-0.4, -0.2) is 44.2 Å². The second kappa shape index (κ2) is 8.73. The molecule has 3 aromatic rings. The molecule has 1 aromatic carbocycles. The molecule has 2 bridgehead atoms. The highest BCUT2D eigenvalue weighted by molar-refractivity contribution is 5.81. The number of aromatic nitrogens is 2. The van der Waals surface area contributed by atoms with Gasteiger partial charge in [0.05, 0.1) is 17.7 Å². The van der Waals surface area contributed by atoms with Crippen LogP contribution in [0.25, 0.3) is 11.1 Å². The number of hydrogen-bond donors (Lipinski definition) is 2. The lowest BCUT2D eigenvalue weighted by molar-refractivity contribution is -0.128. The number of rotatable bonds is 6. The molecule has 2 N–H and O–H groups in total. The maximum Gasteiger partial charge on any atom is 0.258 e. The van der Waals surface area contributed by atoms with E-state index in [2.05, 4.69) is 15.2 Å². The van der Waals surface area contributed by atoms with Crippen molar-refractivity contribution in [3.8, 4) is 11.1 Å². The molecule has 0 radical (unpaired) electrons. The third-order valence-corrected chi connectivity index (χ3v) is 7.89. The van der Waals surface area contributed by atoms with Gasteiger partial charge in [-0.1, -0.05) is 12.1 Å². The van der Waals surface area contributed by atoms with Crippen molar-refractivity contribution in [1.29, 1.82) is 0 Å². The van der Waals surface area contributed by atoms with Gasteiger partial charge in [0, 0.05) is 49.0 Å². The molecule has 35 heavy (non-hydrogen) atoms. The van der Waals surface area contributed by atoms with Gasteiger partial charge < -0.3 is 19.4 Å². The fraction of sp³-hybridized carbons (Fsp3) is 0.423. The summed E-state index contributed by atoms with van der Waals surface area (Å²) in [4.78, 5) is 33.5. The van der Waals surface area contributed by atoms with Gasteiger partial charge in [0.1, 0.15) is 12.1 Å². The van der Waals surface area contributed by atoms with E-state index >= 15 is 0 Å². The first-order valence-electron chi connectivity index (χ1n) is 12.1. The van der Waals surface area contributed by atoms with Gasteiger partial charge in [0.15, 0.2) is 6.39 Å². The zero-order valence-corrected chi connectivity index (χ0v) is 19.1. The number of pyridine rings is 1. The molecule has 8 nitrogen and oxygen atoms in total. The highest BCUT2D eigenvalue weighted by Gasteiger charge is 2.56. The van der Waals surface area contributed by atoms with E-state index in [0.29, 0.717) is 24.2 Å². The molecule has 1 amide bonds. The highest BCUT2D eigenvalue weighted by Crippen LogP contribution is 2.49. The Morgan fingerprint density at radius 2 is 2.11 bits per heavy atom. The average Bonchev–Trinajstić information content (AvgIpc) is 3.40. The predicted molar refractivity (Wildman–Crippen MR) is 125 cm³/mol. The molecule has 2 fully saturated rings. The molecule has 182 valence electrons. The molecule has 6 rings (SSSR count). The monoisotopic (exact) mass is 478 g/mol. The summed E-state index contributed by atoms with van der Waals surface area (Å²) in [7, 11) is 0. The molecule has 2 aromatic heterocycles. The first-order valence-corrected chi connectivity index (χ1v) is 12.1. The summed E-state index contributed by atoms with van der Waals surface area (Å²) >= 11 is 0. The van der Waals surface area contributed by atoms with E-state index in [0.717, 1.165) is 30.7 Å². The Balaban J connectivity index is 1.44. The van der Waals surface area contributed by atoms with Crippen molar-refractivity contribution in [2.75, 3.05) is 6.61 Å². The van der Waals surface area contributed by atoms with E-state index in [4.69, 9.17) is 4.42 Å². The first-order chi connectivity index (χ1) is 17.0. The van der Waals surface area contributed by atoms with Gasteiger partial charge in [0.25, 0.3) is 5.56 Å². The van der Waals surface area contributed by atoms with E-state index in [1.165, 1.54) is 18.5 Å². The maximum absolute atomic E-state index is 13.9. The number of halogens is 1. The van der Waals surface area contributed by atoms with Gasteiger partial charge in [-0.2, -0.15) is 0 Å². The zero-order valence-electron chi connectivity index (χ0n) is 19.1. The molecule has 3 aliphatic rings. The van der Waals surface area contributed by atoms with Crippen molar-refractivity contribution < 1.29 is 18.7 Å². The van der Waals surface area contributed by atoms with Gasteiger partial charge in [-0.15, -0.1) is 0 Å². The van der Waals surface area contributed by atoms with E-state index < -0.39 is 17.8 Å². The number of benzene rings is 1. The van der Waals surface area contributed by atoms with E-state index in [1.807, 2.05) is 6.07 Å². The fourth-order valence-electron chi connectivity index (χ4n) is 5.97. The Bertz CT molecular complexity index is 1300. The molecular formula is C26H27FN4O4. The molecule has 0 unspecified atom stereocenters. The Morgan fingerprint density at radius 3 is 2.80 bits per heavy atom.